The summed E-state index contributed by atoms with van der Waals surface area (Å²) < 4.78 is 50.3. The Morgan fingerprint density at radius 1 is 1.38 bits per heavy atom. The molecule has 0 bridgehead atoms. The monoisotopic (exact) mass is 387 g/mol. The maximum atomic E-state index is 13.9. The fraction of sp³-hybridized carbons (Fsp3) is 0.611. The van der Waals surface area contributed by atoms with Gasteiger partial charge in [-0.1, -0.05) is 13.8 Å². The Balaban J connectivity index is 1.97. The molecule has 1 aromatic carbocycles. The van der Waals surface area contributed by atoms with E-state index in [4.69, 9.17) is 9.47 Å². The second-order valence-corrected chi connectivity index (χ2v) is 9.01. The van der Waals surface area contributed by atoms with Gasteiger partial charge in [0.25, 0.3) is 0 Å². The molecular formula is C18H26FNO5S. The molecule has 0 unspecified atom stereocenters. The number of ether oxygens (including phenoxy) is 2. The van der Waals surface area contributed by atoms with Crippen LogP contribution in [-0.4, -0.2) is 51.6 Å². The highest BCUT2D eigenvalue weighted by atomic mass is 32.2. The van der Waals surface area contributed by atoms with Gasteiger partial charge in [0.15, 0.2) is 0 Å². The zero-order chi connectivity index (χ0) is 19.3. The normalized spacial score (nSPS) is 16.9. The summed E-state index contributed by atoms with van der Waals surface area (Å²) in [6.45, 7) is 5.07. The Kier molecular flexibility index (Phi) is 7.14. The van der Waals surface area contributed by atoms with Gasteiger partial charge in [-0.2, -0.15) is 4.31 Å². The number of carbonyl (C=O) groups excluding carboxylic acids is 1. The van der Waals surface area contributed by atoms with Crippen molar-refractivity contribution in [2.45, 2.75) is 44.1 Å². The third kappa shape index (κ3) is 6.34. The van der Waals surface area contributed by atoms with Crippen molar-refractivity contribution in [2.24, 2.45) is 5.92 Å². The molecule has 0 aromatic heterocycles. The van der Waals surface area contributed by atoms with Gasteiger partial charge in [0, 0.05) is 20.0 Å². The number of hydrogen-bond donors (Lipinski definition) is 0. The fourth-order valence-corrected chi connectivity index (χ4v) is 3.71. The lowest BCUT2D eigenvalue weighted by molar-refractivity contribution is -0.144. The summed E-state index contributed by atoms with van der Waals surface area (Å²) in [5.74, 6) is -0.639. The van der Waals surface area contributed by atoms with Gasteiger partial charge in [0.05, 0.1) is 24.2 Å². The van der Waals surface area contributed by atoms with Crippen molar-refractivity contribution in [2.75, 3.05) is 26.8 Å². The van der Waals surface area contributed by atoms with Crippen molar-refractivity contribution < 1.29 is 27.1 Å². The Morgan fingerprint density at radius 3 is 2.69 bits per heavy atom. The summed E-state index contributed by atoms with van der Waals surface area (Å²) in [4.78, 5) is 11.5. The van der Waals surface area contributed by atoms with Crippen molar-refractivity contribution in [1.82, 2.24) is 4.31 Å². The van der Waals surface area contributed by atoms with Gasteiger partial charge in [-0.15, -0.1) is 0 Å². The molecule has 1 atom stereocenters. The number of nitrogens with zero attached hydrogens (tertiary/aromatic N) is 1. The molecule has 1 aliphatic heterocycles. The van der Waals surface area contributed by atoms with Gasteiger partial charge in [0.2, 0.25) is 10.0 Å². The molecule has 1 heterocycles. The standard InChI is InChI=1S/C18H26FNO5S/c1-13(2)11-25-18(21)6-4-5-14-7-15(19)9-17(8-14)26(22,23)20(3)10-16-12-24-16/h7-9,13,16H,4-6,10-12H2,1-3H3/t16-/m0/s1. The van der Waals surface area contributed by atoms with E-state index in [9.17, 15) is 17.6 Å². The highest BCUT2D eigenvalue weighted by Crippen LogP contribution is 2.21. The van der Waals surface area contributed by atoms with Gasteiger partial charge in [-0.05, 0) is 42.5 Å². The third-order valence-corrected chi connectivity index (χ3v) is 5.73. The van der Waals surface area contributed by atoms with E-state index in [0.717, 1.165) is 6.07 Å². The largest absolute Gasteiger partial charge is 0.465 e. The van der Waals surface area contributed by atoms with E-state index in [0.29, 0.717) is 31.6 Å². The molecule has 0 saturated carbocycles. The molecule has 1 saturated heterocycles. The van der Waals surface area contributed by atoms with Crippen LogP contribution >= 0.6 is 0 Å². The predicted octanol–water partition coefficient (Wildman–Crippen LogP) is 2.37. The number of aryl methyl sites for hydroxylation is 1. The predicted molar refractivity (Wildman–Crippen MR) is 94.7 cm³/mol. The molecule has 0 spiro atoms. The number of sulfonamides is 1. The zero-order valence-corrected chi connectivity index (χ0v) is 16.2. The molecule has 0 amide bonds. The van der Waals surface area contributed by atoms with Crippen molar-refractivity contribution in [1.29, 1.82) is 0 Å². The number of halogens is 1. The van der Waals surface area contributed by atoms with Crippen LogP contribution in [0.15, 0.2) is 23.1 Å². The molecule has 146 valence electrons. The van der Waals surface area contributed by atoms with E-state index in [1.807, 2.05) is 13.8 Å². The van der Waals surface area contributed by atoms with Gasteiger partial charge in [-0.25, -0.2) is 12.8 Å². The average molecular weight is 387 g/mol. The summed E-state index contributed by atoms with van der Waals surface area (Å²) >= 11 is 0. The lowest BCUT2D eigenvalue weighted by Gasteiger charge is -2.16. The molecule has 6 nitrogen and oxygen atoms in total. The second-order valence-electron chi connectivity index (χ2n) is 6.97. The summed E-state index contributed by atoms with van der Waals surface area (Å²) in [7, 11) is -2.33. The number of likely N-dealkylation sites (N-methyl/N-ethyl adjacent to an activating group) is 1. The molecule has 0 aliphatic carbocycles. The van der Waals surface area contributed by atoms with Crippen molar-refractivity contribution in [3.63, 3.8) is 0 Å². The minimum atomic E-state index is -3.78. The molecule has 2 rings (SSSR count). The summed E-state index contributed by atoms with van der Waals surface area (Å²) in [5, 5.41) is 0. The Hall–Kier alpha value is -1.51. The third-order valence-electron chi connectivity index (χ3n) is 3.93. The Bertz CT molecular complexity index is 731. The molecule has 26 heavy (non-hydrogen) atoms. The van der Waals surface area contributed by atoms with E-state index >= 15 is 0 Å². The van der Waals surface area contributed by atoms with Crippen LogP contribution in [0, 0.1) is 11.7 Å². The van der Waals surface area contributed by atoms with Crippen LogP contribution in [0.5, 0.6) is 0 Å². The molecule has 1 aromatic rings. The smallest absolute Gasteiger partial charge is 0.305 e. The number of benzene rings is 1. The second kappa shape index (κ2) is 8.92. The fourth-order valence-electron chi connectivity index (χ4n) is 2.42. The number of carbonyl (C=O) groups is 1. The van der Waals surface area contributed by atoms with E-state index in [1.54, 1.807) is 0 Å². The lowest BCUT2D eigenvalue weighted by Crippen LogP contribution is -2.30. The first kappa shape index (κ1) is 20.8. The van der Waals surface area contributed by atoms with Crippen molar-refractivity contribution >= 4 is 16.0 Å². The summed E-state index contributed by atoms with van der Waals surface area (Å²) in [5.41, 5.74) is 0.538. The SMILES string of the molecule is CC(C)COC(=O)CCCc1cc(F)cc(S(=O)(=O)N(C)C[C@H]2CO2)c1. The van der Waals surface area contributed by atoms with Gasteiger partial charge < -0.3 is 9.47 Å². The Labute approximate surface area is 154 Å². The molecule has 0 N–H and O–H groups in total. The number of epoxide rings is 1. The molecular weight excluding hydrogens is 361 g/mol. The van der Waals surface area contributed by atoms with E-state index in [2.05, 4.69) is 0 Å². The topological polar surface area (TPSA) is 76.2 Å². The van der Waals surface area contributed by atoms with E-state index in [-0.39, 0.29) is 35.9 Å². The van der Waals surface area contributed by atoms with Crippen LogP contribution < -0.4 is 0 Å². The molecule has 0 radical (unpaired) electrons. The van der Waals surface area contributed by atoms with E-state index < -0.39 is 15.8 Å². The van der Waals surface area contributed by atoms with Crippen molar-refractivity contribution in [3.8, 4) is 0 Å². The van der Waals surface area contributed by atoms with Gasteiger partial charge >= 0.3 is 5.97 Å². The van der Waals surface area contributed by atoms with Gasteiger partial charge in [-0.3, -0.25) is 4.79 Å². The van der Waals surface area contributed by atoms with Crippen LogP contribution in [0.3, 0.4) is 0 Å². The van der Waals surface area contributed by atoms with Crippen LogP contribution in [0.1, 0.15) is 32.3 Å². The Morgan fingerprint density at radius 2 is 2.08 bits per heavy atom. The zero-order valence-electron chi connectivity index (χ0n) is 15.4. The number of rotatable bonds is 10. The molecule has 1 aliphatic rings. The van der Waals surface area contributed by atoms with Crippen LogP contribution in [0.4, 0.5) is 4.39 Å². The average Bonchev–Trinajstić information content (AvgIpc) is 3.36. The summed E-state index contributed by atoms with van der Waals surface area (Å²) in [6.07, 6.45) is 0.988. The lowest BCUT2D eigenvalue weighted by atomic mass is 10.1. The minimum Gasteiger partial charge on any atom is -0.465 e. The number of hydrogen-bond acceptors (Lipinski definition) is 5. The highest BCUT2D eigenvalue weighted by molar-refractivity contribution is 7.89. The minimum absolute atomic E-state index is 0.0837. The first-order valence-electron chi connectivity index (χ1n) is 8.71. The van der Waals surface area contributed by atoms with Crippen LogP contribution in [0.25, 0.3) is 0 Å². The maximum absolute atomic E-state index is 13.9. The van der Waals surface area contributed by atoms with Crippen molar-refractivity contribution in [3.05, 3.63) is 29.6 Å². The molecule has 1 fully saturated rings. The summed E-state index contributed by atoms with van der Waals surface area (Å²) in [6, 6.07) is 3.77. The van der Waals surface area contributed by atoms with Gasteiger partial charge in [0.1, 0.15) is 5.82 Å². The first-order valence-corrected chi connectivity index (χ1v) is 10.2. The first-order chi connectivity index (χ1) is 12.2. The maximum Gasteiger partial charge on any atom is 0.305 e. The van der Waals surface area contributed by atoms with Crippen LogP contribution in [-0.2, 0) is 30.7 Å². The molecule has 8 heteroatoms. The van der Waals surface area contributed by atoms with E-state index in [1.165, 1.54) is 23.5 Å². The highest BCUT2D eigenvalue weighted by Gasteiger charge is 2.30. The quantitative estimate of drug-likeness (QED) is 0.455. The van der Waals surface area contributed by atoms with Crippen LogP contribution in [0.2, 0.25) is 0 Å². The number of esters is 1.